The molecule has 2 aromatic rings. The average Bonchev–Trinajstić information content (AvgIpc) is 2.81. The van der Waals surface area contributed by atoms with Crippen LogP contribution in [0.25, 0.3) is 0 Å². The highest BCUT2D eigenvalue weighted by Crippen LogP contribution is 2.22. The number of primary amides is 1. The van der Waals surface area contributed by atoms with E-state index >= 15 is 0 Å². The Kier molecular flexibility index (Phi) is 3.85. The number of rotatable bonds is 4. The zero-order chi connectivity index (χ0) is 14.0. The largest absolute Gasteiger partial charge is 0.368 e. The van der Waals surface area contributed by atoms with Gasteiger partial charge in [-0.25, -0.2) is 9.37 Å². The fraction of sp³-hybridized carbons (Fsp3) is 0.231. The Hall–Kier alpha value is -1.88. The summed E-state index contributed by atoms with van der Waals surface area (Å²) in [6.07, 6.45) is 3.39. The lowest BCUT2D eigenvalue weighted by atomic mass is 10.1. The van der Waals surface area contributed by atoms with Gasteiger partial charge in [0.05, 0.1) is 0 Å². The molecule has 19 heavy (non-hydrogen) atoms. The van der Waals surface area contributed by atoms with Crippen LogP contribution < -0.4 is 5.73 Å². The minimum atomic E-state index is -0.539. The van der Waals surface area contributed by atoms with Gasteiger partial charge in [0.2, 0.25) is 5.91 Å². The van der Waals surface area contributed by atoms with Crippen molar-refractivity contribution in [1.82, 2.24) is 9.55 Å². The molecule has 0 saturated heterocycles. The second kappa shape index (κ2) is 5.40. The third kappa shape index (κ3) is 2.76. The summed E-state index contributed by atoms with van der Waals surface area (Å²) in [5.74, 6) is -0.328. The molecule has 0 aliphatic rings. The predicted octanol–water partition coefficient (Wildman–Crippen LogP) is 2.31. The van der Waals surface area contributed by atoms with Gasteiger partial charge in [0.1, 0.15) is 17.7 Å². The summed E-state index contributed by atoms with van der Waals surface area (Å²) in [6, 6.07) is 3.96. The Morgan fingerprint density at radius 3 is 2.95 bits per heavy atom. The van der Waals surface area contributed by atoms with Gasteiger partial charge in [0, 0.05) is 29.4 Å². The molecular weight excluding hydrogens is 269 g/mol. The molecule has 1 heterocycles. The number of halogens is 2. The Bertz CT molecular complexity index is 591. The molecule has 100 valence electrons. The molecule has 1 aromatic heterocycles. The minimum Gasteiger partial charge on any atom is -0.368 e. The van der Waals surface area contributed by atoms with Crippen LogP contribution in [0.4, 0.5) is 4.39 Å². The molecule has 6 heteroatoms. The van der Waals surface area contributed by atoms with Gasteiger partial charge in [-0.1, -0.05) is 17.7 Å². The van der Waals surface area contributed by atoms with Crippen molar-refractivity contribution in [3.05, 3.63) is 52.8 Å². The Morgan fingerprint density at radius 2 is 2.32 bits per heavy atom. The number of hydrogen-bond acceptors (Lipinski definition) is 2. The standard InChI is InChI=1S/C13H13ClFN3O/c1-8(13(16)19)18-6-5-17-12(18)7-9-10(14)3-2-4-11(9)15/h2-6,8H,7H2,1H3,(H2,16,19). The first kappa shape index (κ1) is 13.5. The maximum absolute atomic E-state index is 13.7. The van der Waals surface area contributed by atoms with Crippen LogP contribution in [-0.2, 0) is 11.2 Å². The summed E-state index contributed by atoms with van der Waals surface area (Å²) in [5.41, 5.74) is 5.62. The maximum Gasteiger partial charge on any atom is 0.240 e. The van der Waals surface area contributed by atoms with E-state index < -0.39 is 17.8 Å². The smallest absolute Gasteiger partial charge is 0.240 e. The number of nitrogens with zero attached hydrogens (tertiary/aromatic N) is 2. The van der Waals surface area contributed by atoms with E-state index in [4.69, 9.17) is 17.3 Å². The predicted molar refractivity (Wildman–Crippen MR) is 70.3 cm³/mol. The van der Waals surface area contributed by atoms with E-state index in [-0.39, 0.29) is 6.42 Å². The summed E-state index contributed by atoms with van der Waals surface area (Å²) in [6.45, 7) is 1.66. The molecule has 0 aliphatic heterocycles. The third-order valence-electron chi connectivity index (χ3n) is 2.97. The van der Waals surface area contributed by atoms with Crippen LogP contribution in [0.2, 0.25) is 5.02 Å². The molecule has 0 radical (unpaired) electrons. The molecule has 2 N–H and O–H groups in total. The molecule has 1 atom stereocenters. The molecule has 1 amide bonds. The highest BCUT2D eigenvalue weighted by atomic mass is 35.5. The number of carbonyl (C=O) groups excluding carboxylic acids is 1. The number of carbonyl (C=O) groups is 1. The van der Waals surface area contributed by atoms with Gasteiger partial charge in [0.25, 0.3) is 0 Å². The van der Waals surface area contributed by atoms with Gasteiger partial charge in [-0.2, -0.15) is 0 Å². The zero-order valence-corrected chi connectivity index (χ0v) is 11.1. The van der Waals surface area contributed by atoms with Crippen molar-refractivity contribution in [2.24, 2.45) is 5.73 Å². The van der Waals surface area contributed by atoms with Gasteiger partial charge in [0.15, 0.2) is 0 Å². The first-order chi connectivity index (χ1) is 9.00. The lowest BCUT2D eigenvalue weighted by Gasteiger charge is -2.13. The fourth-order valence-corrected chi connectivity index (χ4v) is 2.06. The van der Waals surface area contributed by atoms with Gasteiger partial charge < -0.3 is 10.3 Å². The van der Waals surface area contributed by atoms with E-state index in [0.717, 1.165) is 0 Å². The molecule has 0 saturated carbocycles. The third-order valence-corrected chi connectivity index (χ3v) is 3.33. The number of imidazole rings is 1. The molecular formula is C13H13ClFN3O. The zero-order valence-electron chi connectivity index (χ0n) is 10.3. The quantitative estimate of drug-likeness (QED) is 0.935. The molecule has 0 aliphatic carbocycles. The Balaban J connectivity index is 2.35. The number of benzene rings is 1. The van der Waals surface area contributed by atoms with Crippen LogP contribution in [0.3, 0.4) is 0 Å². The van der Waals surface area contributed by atoms with Crippen molar-refractivity contribution < 1.29 is 9.18 Å². The molecule has 0 bridgehead atoms. The van der Waals surface area contributed by atoms with E-state index in [1.54, 1.807) is 36.0 Å². The number of nitrogens with two attached hydrogens (primary N) is 1. The van der Waals surface area contributed by atoms with Crippen LogP contribution in [0.1, 0.15) is 24.4 Å². The molecule has 0 fully saturated rings. The molecule has 4 nitrogen and oxygen atoms in total. The Labute approximate surface area is 115 Å². The van der Waals surface area contributed by atoms with Crippen molar-refractivity contribution in [2.45, 2.75) is 19.4 Å². The van der Waals surface area contributed by atoms with E-state index in [2.05, 4.69) is 4.98 Å². The van der Waals surface area contributed by atoms with E-state index in [1.807, 2.05) is 0 Å². The van der Waals surface area contributed by atoms with Crippen molar-refractivity contribution in [3.8, 4) is 0 Å². The van der Waals surface area contributed by atoms with Crippen LogP contribution in [0.15, 0.2) is 30.6 Å². The summed E-state index contributed by atoms with van der Waals surface area (Å²) in [4.78, 5) is 15.3. The number of amides is 1. The average molecular weight is 282 g/mol. The van der Waals surface area contributed by atoms with Gasteiger partial charge in [-0.05, 0) is 19.1 Å². The SMILES string of the molecule is CC(C(N)=O)n1ccnc1Cc1c(F)cccc1Cl. The van der Waals surface area contributed by atoms with Crippen molar-refractivity contribution in [1.29, 1.82) is 0 Å². The first-order valence-electron chi connectivity index (χ1n) is 5.74. The van der Waals surface area contributed by atoms with Crippen LogP contribution in [0, 0.1) is 5.82 Å². The van der Waals surface area contributed by atoms with Crippen molar-refractivity contribution >= 4 is 17.5 Å². The summed E-state index contributed by atoms with van der Waals surface area (Å²) < 4.78 is 15.3. The first-order valence-corrected chi connectivity index (χ1v) is 6.12. The molecule has 1 aromatic carbocycles. The van der Waals surface area contributed by atoms with Crippen molar-refractivity contribution in [3.63, 3.8) is 0 Å². The van der Waals surface area contributed by atoms with Crippen LogP contribution in [-0.4, -0.2) is 15.5 Å². The van der Waals surface area contributed by atoms with E-state index in [1.165, 1.54) is 6.07 Å². The summed E-state index contributed by atoms with van der Waals surface area (Å²) in [7, 11) is 0. The molecule has 0 spiro atoms. The topological polar surface area (TPSA) is 60.9 Å². The van der Waals surface area contributed by atoms with E-state index in [9.17, 15) is 9.18 Å². The number of hydrogen-bond donors (Lipinski definition) is 1. The van der Waals surface area contributed by atoms with Gasteiger partial charge >= 0.3 is 0 Å². The normalized spacial score (nSPS) is 12.4. The molecule has 2 rings (SSSR count). The fourth-order valence-electron chi connectivity index (χ4n) is 1.83. The summed E-state index contributed by atoms with van der Waals surface area (Å²) >= 11 is 5.97. The van der Waals surface area contributed by atoms with Crippen molar-refractivity contribution in [2.75, 3.05) is 0 Å². The molecule has 1 unspecified atom stereocenters. The Morgan fingerprint density at radius 1 is 1.58 bits per heavy atom. The maximum atomic E-state index is 13.7. The van der Waals surface area contributed by atoms with Crippen LogP contribution >= 0.6 is 11.6 Å². The monoisotopic (exact) mass is 281 g/mol. The number of aromatic nitrogens is 2. The summed E-state index contributed by atoms with van der Waals surface area (Å²) in [5, 5.41) is 0.335. The lowest BCUT2D eigenvalue weighted by Crippen LogP contribution is -2.25. The van der Waals surface area contributed by atoms with E-state index in [0.29, 0.717) is 16.4 Å². The minimum absolute atomic E-state index is 0.204. The highest BCUT2D eigenvalue weighted by molar-refractivity contribution is 6.31. The highest BCUT2D eigenvalue weighted by Gasteiger charge is 2.17. The second-order valence-corrected chi connectivity index (χ2v) is 4.61. The second-order valence-electron chi connectivity index (χ2n) is 4.21. The van der Waals surface area contributed by atoms with Gasteiger partial charge in [-0.15, -0.1) is 0 Å². The van der Waals surface area contributed by atoms with Gasteiger partial charge in [-0.3, -0.25) is 4.79 Å². The lowest BCUT2D eigenvalue weighted by molar-refractivity contribution is -0.120. The van der Waals surface area contributed by atoms with Crippen LogP contribution in [0.5, 0.6) is 0 Å².